The van der Waals surface area contributed by atoms with Gasteiger partial charge in [0.25, 0.3) is 0 Å². The molecule has 33 heavy (non-hydrogen) atoms. The average molecular weight is 453 g/mol. The summed E-state index contributed by atoms with van der Waals surface area (Å²) in [6.07, 6.45) is 3.68. The summed E-state index contributed by atoms with van der Waals surface area (Å²) in [5, 5.41) is 27.3. The summed E-state index contributed by atoms with van der Waals surface area (Å²) >= 11 is 0. The Hall–Kier alpha value is -3.10. The molecule has 0 spiro atoms. The maximum Gasteiger partial charge on any atom is 0.200 e. The lowest BCUT2D eigenvalue weighted by atomic mass is 9.81. The molecule has 1 fully saturated rings. The molecule has 0 radical (unpaired) electrons. The monoisotopic (exact) mass is 452 g/mol. The molecular weight excluding hydrogens is 420 g/mol. The normalized spacial score (nSPS) is 16.0. The predicted octanol–water partition coefficient (Wildman–Crippen LogP) is 2.74. The van der Waals surface area contributed by atoms with Crippen LogP contribution in [0.15, 0.2) is 24.3 Å². The molecule has 1 saturated heterocycles. The minimum atomic E-state index is -0.472. The van der Waals surface area contributed by atoms with E-state index in [1.165, 1.54) is 31.4 Å². The second kappa shape index (κ2) is 9.80. The van der Waals surface area contributed by atoms with Gasteiger partial charge in [-0.3, -0.25) is 9.59 Å². The number of rotatable bonds is 8. The second-order valence-corrected chi connectivity index (χ2v) is 8.98. The van der Waals surface area contributed by atoms with Gasteiger partial charge in [0.15, 0.2) is 0 Å². The number of hydrogen-bond acceptors (Lipinski definition) is 8. The number of aromatic hydroxyl groups is 2. The van der Waals surface area contributed by atoms with Crippen molar-refractivity contribution in [3.63, 3.8) is 0 Å². The van der Waals surface area contributed by atoms with Gasteiger partial charge in [-0.15, -0.1) is 0 Å². The Morgan fingerprint density at radius 3 is 1.82 bits per heavy atom. The van der Waals surface area contributed by atoms with E-state index in [1.54, 1.807) is 6.07 Å². The number of piperidine rings is 1. The number of likely N-dealkylation sites (tertiary alicyclic amines) is 1. The van der Waals surface area contributed by atoms with Crippen molar-refractivity contribution in [2.75, 3.05) is 64.0 Å². The summed E-state index contributed by atoms with van der Waals surface area (Å²) in [6.45, 7) is 4.97. The highest BCUT2D eigenvalue weighted by Gasteiger charge is 2.37. The Balaban J connectivity index is 1.69. The first kappa shape index (κ1) is 23.1. The van der Waals surface area contributed by atoms with Crippen LogP contribution in [0.2, 0.25) is 0 Å². The first-order valence-electron chi connectivity index (χ1n) is 11.5. The number of benzene rings is 2. The van der Waals surface area contributed by atoms with E-state index < -0.39 is 11.6 Å². The topological polar surface area (TPSA) is 105 Å². The molecule has 0 bridgehead atoms. The minimum absolute atomic E-state index is 0.142. The molecule has 4 N–H and O–H groups in total. The second-order valence-electron chi connectivity index (χ2n) is 8.98. The van der Waals surface area contributed by atoms with Crippen LogP contribution in [-0.4, -0.2) is 84.9 Å². The van der Waals surface area contributed by atoms with Crippen LogP contribution in [0.3, 0.4) is 0 Å². The van der Waals surface area contributed by atoms with Crippen LogP contribution in [-0.2, 0) is 0 Å². The zero-order chi connectivity index (χ0) is 23.5. The van der Waals surface area contributed by atoms with Crippen molar-refractivity contribution in [2.45, 2.75) is 19.3 Å². The summed E-state index contributed by atoms with van der Waals surface area (Å²) in [5.74, 6) is -1.56. The number of phenolic OH excluding ortho intramolecular Hbond substituents is 2. The molecule has 8 nitrogen and oxygen atoms in total. The fourth-order valence-electron chi connectivity index (χ4n) is 4.61. The molecule has 1 aliphatic heterocycles. The number of carbonyl (C=O) groups excluding carboxylic acids is 2. The number of anilines is 2. The van der Waals surface area contributed by atoms with Crippen LogP contribution < -0.4 is 10.6 Å². The van der Waals surface area contributed by atoms with E-state index in [0.717, 1.165) is 26.2 Å². The van der Waals surface area contributed by atoms with Gasteiger partial charge in [0.05, 0.1) is 22.3 Å². The third-order valence-corrected chi connectivity index (χ3v) is 6.34. The number of nitrogens with zero attached hydrogens (tertiary/aromatic N) is 2. The summed E-state index contributed by atoms with van der Waals surface area (Å²) in [4.78, 5) is 31.5. The van der Waals surface area contributed by atoms with E-state index in [1.807, 2.05) is 25.1 Å². The van der Waals surface area contributed by atoms with Gasteiger partial charge in [-0.2, -0.15) is 0 Å². The molecular formula is C25H32N4O4. The molecule has 0 aromatic heterocycles. The summed E-state index contributed by atoms with van der Waals surface area (Å²) in [5.41, 5.74) is 1.29. The van der Waals surface area contributed by atoms with Crippen molar-refractivity contribution < 1.29 is 19.8 Å². The average Bonchev–Trinajstić information content (AvgIpc) is 2.79. The summed E-state index contributed by atoms with van der Waals surface area (Å²) < 4.78 is 0. The minimum Gasteiger partial charge on any atom is -0.507 e. The van der Waals surface area contributed by atoms with Gasteiger partial charge in [0.2, 0.25) is 11.6 Å². The van der Waals surface area contributed by atoms with Gasteiger partial charge >= 0.3 is 0 Å². The maximum atomic E-state index is 13.5. The number of carbonyl (C=O) groups is 2. The predicted molar refractivity (Wildman–Crippen MR) is 129 cm³/mol. The number of hydrogen-bond donors (Lipinski definition) is 4. The highest BCUT2D eigenvalue weighted by Crippen LogP contribution is 2.42. The van der Waals surface area contributed by atoms with Crippen molar-refractivity contribution in [1.82, 2.24) is 9.80 Å². The first-order valence-corrected chi connectivity index (χ1v) is 11.5. The van der Waals surface area contributed by atoms with E-state index in [2.05, 4.69) is 15.5 Å². The highest BCUT2D eigenvalue weighted by molar-refractivity contribution is 6.33. The van der Waals surface area contributed by atoms with Crippen LogP contribution in [0.1, 0.15) is 51.1 Å². The molecule has 0 saturated carbocycles. The van der Waals surface area contributed by atoms with Crippen LogP contribution in [0.25, 0.3) is 0 Å². The number of likely N-dealkylation sites (N-methyl/N-ethyl adjacent to an activating group) is 1. The number of ketones is 2. The van der Waals surface area contributed by atoms with Gasteiger partial charge in [-0.25, -0.2) is 0 Å². The molecule has 2 aromatic carbocycles. The van der Waals surface area contributed by atoms with E-state index >= 15 is 0 Å². The Morgan fingerprint density at radius 2 is 1.30 bits per heavy atom. The van der Waals surface area contributed by atoms with Crippen LogP contribution in [0, 0.1) is 0 Å². The van der Waals surface area contributed by atoms with Crippen LogP contribution >= 0.6 is 0 Å². The highest BCUT2D eigenvalue weighted by atomic mass is 16.3. The Kier molecular flexibility index (Phi) is 6.85. The lowest BCUT2D eigenvalue weighted by molar-refractivity contribution is 0.0975. The molecule has 0 amide bonds. The fourth-order valence-corrected chi connectivity index (χ4v) is 4.61. The summed E-state index contributed by atoms with van der Waals surface area (Å²) in [6, 6.07) is 6.09. The SMILES string of the molecule is CN(C)CCNc1ccc(NCCN2CCCCC2)c2c1C(=O)c1c(O)ccc(O)c1C2=O. The van der Waals surface area contributed by atoms with Crippen molar-refractivity contribution in [2.24, 2.45) is 0 Å². The molecule has 1 aliphatic carbocycles. The van der Waals surface area contributed by atoms with Gasteiger partial charge in [-0.1, -0.05) is 6.42 Å². The zero-order valence-electron chi connectivity index (χ0n) is 19.3. The molecule has 8 heteroatoms. The van der Waals surface area contributed by atoms with Crippen molar-refractivity contribution in [3.8, 4) is 11.5 Å². The van der Waals surface area contributed by atoms with Gasteiger partial charge < -0.3 is 30.6 Å². The molecule has 4 rings (SSSR count). The van der Waals surface area contributed by atoms with E-state index in [4.69, 9.17) is 0 Å². The standard InChI is InChI=1S/C25H32N4O4/c1-28(2)14-10-26-16-6-7-17(27-11-15-29-12-4-3-5-13-29)21-20(16)24(32)22-18(30)8-9-19(31)23(22)25(21)33/h6-9,26-27,30-31H,3-5,10-15H2,1-2H3. The fraction of sp³-hybridized carbons (Fsp3) is 0.440. The largest absolute Gasteiger partial charge is 0.507 e. The quantitative estimate of drug-likeness (QED) is 0.387. The molecule has 2 aromatic rings. The number of phenols is 2. The maximum absolute atomic E-state index is 13.5. The smallest absolute Gasteiger partial charge is 0.200 e. The number of nitrogens with one attached hydrogen (secondary N) is 2. The Labute approximate surface area is 194 Å². The third-order valence-electron chi connectivity index (χ3n) is 6.34. The third kappa shape index (κ3) is 4.67. The molecule has 0 atom stereocenters. The Morgan fingerprint density at radius 1 is 0.788 bits per heavy atom. The van der Waals surface area contributed by atoms with E-state index in [0.29, 0.717) is 24.5 Å². The van der Waals surface area contributed by atoms with Crippen molar-refractivity contribution >= 4 is 22.9 Å². The van der Waals surface area contributed by atoms with Crippen LogP contribution in [0.4, 0.5) is 11.4 Å². The summed E-state index contributed by atoms with van der Waals surface area (Å²) in [7, 11) is 3.91. The molecule has 1 heterocycles. The molecule has 0 unspecified atom stereocenters. The molecule has 176 valence electrons. The lowest BCUT2D eigenvalue weighted by Crippen LogP contribution is -2.34. The first-order chi connectivity index (χ1) is 15.9. The van der Waals surface area contributed by atoms with Crippen molar-refractivity contribution in [3.05, 3.63) is 46.5 Å². The molecule has 2 aliphatic rings. The number of fused-ring (bicyclic) bond motifs is 2. The van der Waals surface area contributed by atoms with E-state index in [9.17, 15) is 19.8 Å². The van der Waals surface area contributed by atoms with E-state index in [-0.39, 0.29) is 33.8 Å². The Bertz CT molecular complexity index is 1060. The van der Waals surface area contributed by atoms with Crippen LogP contribution in [0.5, 0.6) is 11.5 Å². The zero-order valence-corrected chi connectivity index (χ0v) is 19.3. The van der Waals surface area contributed by atoms with Crippen molar-refractivity contribution in [1.29, 1.82) is 0 Å². The lowest BCUT2D eigenvalue weighted by Gasteiger charge is -2.28. The van der Waals surface area contributed by atoms with Gasteiger partial charge in [0, 0.05) is 37.6 Å². The van der Waals surface area contributed by atoms with Gasteiger partial charge in [0.1, 0.15) is 11.5 Å². The van der Waals surface area contributed by atoms with Gasteiger partial charge in [-0.05, 0) is 64.3 Å².